The number of likely N-dealkylation sites (N-methyl/N-ethyl adjacent to an activating group) is 1. The molecular formula is C18H32N4O4. The molecule has 0 radical (unpaired) electrons. The number of hydrogen-bond donors (Lipinski definition) is 0. The number of ether oxygens (including phenoxy) is 2. The van der Waals surface area contributed by atoms with Crippen LogP contribution in [0.1, 0.15) is 19.3 Å². The highest BCUT2D eigenvalue weighted by Crippen LogP contribution is 2.32. The van der Waals surface area contributed by atoms with E-state index >= 15 is 0 Å². The van der Waals surface area contributed by atoms with Crippen LogP contribution >= 0.6 is 0 Å². The molecule has 1 atom stereocenters. The minimum Gasteiger partial charge on any atom is -0.383 e. The van der Waals surface area contributed by atoms with Crippen molar-refractivity contribution in [2.24, 2.45) is 0 Å². The summed E-state index contributed by atoms with van der Waals surface area (Å²) in [5.74, 6) is 0.198. The second-order valence-electron chi connectivity index (χ2n) is 7.57. The lowest BCUT2D eigenvalue weighted by molar-refractivity contribution is -0.131. The molecule has 0 aliphatic carbocycles. The standard InChI is InChI=1S/C18H32N4O4/c1-19-7-8-22(17(24)21-10-13-26-14-11-21)15-18(19)4-3-16(23)20(6-5-18)9-12-25-2/h3-15H2,1-2H3. The second kappa shape index (κ2) is 8.54. The first-order valence-electron chi connectivity index (χ1n) is 9.65. The summed E-state index contributed by atoms with van der Waals surface area (Å²) in [7, 11) is 3.79. The molecule has 26 heavy (non-hydrogen) atoms. The number of urea groups is 1. The highest BCUT2D eigenvalue weighted by atomic mass is 16.5. The summed E-state index contributed by atoms with van der Waals surface area (Å²) in [6.07, 6.45) is 2.23. The molecule has 0 N–H and O–H groups in total. The molecular weight excluding hydrogens is 336 g/mol. The summed E-state index contributed by atoms with van der Waals surface area (Å²) < 4.78 is 10.5. The SMILES string of the molecule is COCCN1CCC2(CCC1=O)CN(C(=O)N1CCOCC1)CCN2C. The third kappa shape index (κ3) is 4.13. The zero-order valence-corrected chi connectivity index (χ0v) is 16.1. The van der Waals surface area contributed by atoms with Gasteiger partial charge < -0.3 is 24.2 Å². The molecule has 3 aliphatic rings. The Hall–Kier alpha value is -1.38. The van der Waals surface area contributed by atoms with Crippen LogP contribution in [0.25, 0.3) is 0 Å². The molecule has 3 aliphatic heterocycles. The van der Waals surface area contributed by atoms with Crippen molar-refractivity contribution in [2.75, 3.05) is 79.8 Å². The van der Waals surface area contributed by atoms with E-state index in [2.05, 4.69) is 11.9 Å². The van der Waals surface area contributed by atoms with Crippen LogP contribution in [0, 0.1) is 0 Å². The number of amides is 3. The van der Waals surface area contributed by atoms with E-state index in [9.17, 15) is 9.59 Å². The fourth-order valence-electron chi connectivity index (χ4n) is 4.25. The Balaban J connectivity index is 1.67. The molecule has 0 aromatic carbocycles. The molecule has 8 heteroatoms. The Morgan fingerprint density at radius 3 is 2.62 bits per heavy atom. The average molecular weight is 368 g/mol. The van der Waals surface area contributed by atoms with Gasteiger partial charge in [-0.2, -0.15) is 0 Å². The van der Waals surface area contributed by atoms with E-state index in [1.54, 1.807) is 7.11 Å². The zero-order valence-electron chi connectivity index (χ0n) is 16.1. The summed E-state index contributed by atoms with van der Waals surface area (Å²) in [4.78, 5) is 33.6. The number of nitrogens with zero attached hydrogens (tertiary/aromatic N) is 4. The van der Waals surface area contributed by atoms with Gasteiger partial charge in [0.15, 0.2) is 0 Å². The van der Waals surface area contributed by atoms with E-state index in [0.717, 1.165) is 32.5 Å². The van der Waals surface area contributed by atoms with E-state index in [1.165, 1.54) is 0 Å². The van der Waals surface area contributed by atoms with Crippen LogP contribution in [0.5, 0.6) is 0 Å². The highest BCUT2D eigenvalue weighted by molar-refractivity contribution is 5.77. The van der Waals surface area contributed by atoms with Crippen LogP contribution in [0.15, 0.2) is 0 Å². The fraction of sp³-hybridized carbons (Fsp3) is 0.889. The minimum absolute atomic E-state index is 0.113. The lowest BCUT2D eigenvalue weighted by Crippen LogP contribution is -2.64. The summed E-state index contributed by atoms with van der Waals surface area (Å²) in [6, 6.07) is 0.118. The van der Waals surface area contributed by atoms with E-state index < -0.39 is 0 Å². The van der Waals surface area contributed by atoms with Crippen molar-refractivity contribution >= 4 is 11.9 Å². The number of carbonyl (C=O) groups is 2. The lowest BCUT2D eigenvalue weighted by Gasteiger charge is -2.50. The van der Waals surface area contributed by atoms with Gasteiger partial charge in [0.25, 0.3) is 0 Å². The van der Waals surface area contributed by atoms with Gasteiger partial charge in [0.05, 0.1) is 19.8 Å². The number of piperazine rings is 1. The Kier molecular flexibility index (Phi) is 6.37. The largest absolute Gasteiger partial charge is 0.383 e. The van der Waals surface area contributed by atoms with Gasteiger partial charge in [-0.15, -0.1) is 0 Å². The van der Waals surface area contributed by atoms with Crippen LogP contribution in [0.4, 0.5) is 4.79 Å². The predicted molar refractivity (Wildman–Crippen MR) is 97.0 cm³/mol. The molecule has 1 spiro atoms. The first-order chi connectivity index (χ1) is 12.6. The number of hydrogen-bond acceptors (Lipinski definition) is 5. The van der Waals surface area contributed by atoms with Gasteiger partial charge >= 0.3 is 6.03 Å². The number of likely N-dealkylation sites (tertiary alicyclic amines) is 1. The maximum absolute atomic E-state index is 12.9. The molecule has 8 nitrogen and oxygen atoms in total. The molecule has 3 rings (SSSR count). The quantitative estimate of drug-likeness (QED) is 0.706. The third-order valence-corrected chi connectivity index (χ3v) is 6.12. The first kappa shape index (κ1) is 19.4. The van der Waals surface area contributed by atoms with Crippen molar-refractivity contribution in [3.63, 3.8) is 0 Å². The Labute approximate surface area is 156 Å². The van der Waals surface area contributed by atoms with Crippen LogP contribution in [0.2, 0.25) is 0 Å². The first-order valence-corrected chi connectivity index (χ1v) is 9.65. The van der Waals surface area contributed by atoms with Crippen LogP contribution in [-0.2, 0) is 14.3 Å². The van der Waals surface area contributed by atoms with E-state index in [1.807, 2.05) is 14.7 Å². The molecule has 0 aromatic heterocycles. The smallest absolute Gasteiger partial charge is 0.320 e. The molecule has 0 bridgehead atoms. The molecule has 3 heterocycles. The fourth-order valence-corrected chi connectivity index (χ4v) is 4.25. The maximum atomic E-state index is 12.9. The second-order valence-corrected chi connectivity index (χ2v) is 7.57. The van der Waals surface area contributed by atoms with Crippen LogP contribution in [0.3, 0.4) is 0 Å². The van der Waals surface area contributed by atoms with Gasteiger partial charge in [0, 0.05) is 64.9 Å². The van der Waals surface area contributed by atoms with E-state index in [4.69, 9.17) is 9.47 Å². The summed E-state index contributed by atoms with van der Waals surface area (Å²) in [5.41, 5.74) is -0.113. The topological polar surface area (TPSA) is 65.6 Å². The van der Waals surface area contributed by atoms with E-state index in [-0.39, 0.29) is 17.5 Å². The van der Waals surface area contributed by atoms with Crippen molar-refractivity contribution in [1.82, 2.24) is 19.6 Å². The number of morpholine rings is 1. The van der Waals surface area contributed by atoms with Gasteiger partial charge in [-0.05, 0) is 19.9 Å². The molecule has 3 amide bonds. The van der Waals surface area contributed by atoms with Gasteiger partial charge in [-0.3, -0.25) is 9.69 Å². The maximum Gasteiger partial charge on any atom is 0.320 e. The molecule has 0 aromatic rings. The molecule has 3 fully saturated rings. The van der Waals surface area contributed by atoms with Gasteiger partial charge in [-0.1, -0.05) is 0 Å². The highest BCUT2D eigenvalue weighted by Gasteiger charge is 2.44. The number of methoxy groups -OCH3 is 1. The van der Waals surface area contributed by atoms with Crippen LogP contribution < -0.4 is 0 Å². The average Bonchev–Trinajstić information content (AvgIpc) is 2.83. The molecule has 1 unspecified atom stereocenters. The van der Waals surface area contributed by atoms with Gasteiger partial charge in [0.1, 0.15) is 0 Å². The Bertz CT molecular complexity index is 511. The molecule has 148 valence electrons. The monoisotopic (exact) mass is 368 g/mol. The zero-order chi connectivity index (χ0) is 18.6. The van der Waals surface area contributed by atoms with Crippen LogP contribution in [-0.4, -0.2) is 117 Å². The Morgan fingerprint density at radius 2 is 1.88 bits per heavy atom. The minimum atomic E-state index is -0.113. The predicted octanol–water partition coefficient (Wildman–Crippen LogP) is 0.0837. The molecule has 0 saturated carbocycles. The van der Waals surface area contributed by atoms with Crippen molar-refractivity contribution < 1.29 is 19.1 Å². The van der Waals surface area contributed by atoms with Crippen molar-refractivity contribution in [3.05, 3.63) is 0 Å². The third-order valence-electron chi connectivity index (χ3n) is 6.12. The van der Waals surface area contributed by atoms with Gasteiger partial charge in [-0.25, -0.2) is 4.79 Å². The number of carbonyl (C=O) groups excluding carboxylic acids is 2. The summed E-state index contributed by atoms with van der Waals surface area (Å²) >= 11 is 0. The van der Waals surface area contributed by atoms with Crippen molar-refractivity contribution in [3.8, 4) is 0 Å². The summed E-state index contributed by atoms with van der Waals surface area (Å²) in [5, 5.41) is 0. The summed E-state index contributed by atoms with van der Waals surface area (Å²) in [6.45, 7) is 6.81. The van der Waals surface area contributed by atoms with Crippen molar-refractivity contribution in [1.29, 1.82) is 0 Å². The number of rotatable bonds is 3. The van der Waals surface area contributed by atoms with Crippen molar-refractivity contribution in [2.45, 2.75) is 24.8 Å². The van der Waals surface area contributed by atoms with Gasteiger partial charge in [0.2, 0.25) is 5.91 Å². The van der Waals surface area contributed by atoms with E-state index in [0.29, 0.717) is 52.4 Å². The lowest BCUT2D eigenvalue weighted by atomic mass is 9.86. The normalized spacial score (nSPS) is 28.5. The Morgan fingerprint density at radius 1 is 1.12 bits per heavy atom. The molecule has 3 saturated heterocycles.